The van der Waals surface area contributed by atoms with Gasteiger partial charge in [-0.05, 0) is 31.1 Å². The number of amides is 1. The molecule has 1 aromatic rings. The van der Waals surface area contributed by atoms with E-state index in [1.165, 1.54) is 19.3 Å². The predicted molar refractivity (Wildman–Crippen MR) is 90.1 cm³/mol. The Labute approximate surface area is 137 Å². The molecule has 1 N–H and O–H groups in total. The number of hydrogen-bond acceptors (Lipinski definition) is 4. The molecule has 1 aliphatic rings. The van der Waals surface area contributed by atoms with Crippen molar-refractivity contribution in [3.8, 4) is 17.2 Å². The third-order valence-electron chi connectivity index (χ3n) is 4.10. The van der Waals surface area contributed by atoms with Crippen molar-refractivity contribution in [1.29, 1.82) is 0 Å². The quantitative estimate of drug-likeness (QED) is 0.818. The number of hydrogen-bond donors (Lipinski definition) is 1. The molecule has 0 unspecified atom stereocenters. The Morgan fingerprint density at radius 1 is 1.04 bits per heavy atom. The summed E-state index contributed by atoms with van der Waals surface area (Å²) in [4.78, 5) is 12.1. The van der Waals surface area contributed by atoms with Crippen LogP contribution in [0.25, 0.3) is 6.08 Å². The molecule has 1 aromatic carbocycles. The predicted octanol–water partition coefficient (Wildman–Crippen LogP) is 3.17. The molecular formula is C18H25NO4. The van der Waals surface area contributed by atoms with Crippen molar-refractivity contribution in [2.75, 3.05) is 21.3 Å². The van der Waals surface area contributed by atoms with Gasteiger partial charge in [0.15, 0.2) is 11.5 Å². The summed E-state index contributed by atoms with van der Waals surface area (Å²) < 4.78 is 16.0. The van der Waals surface area contributed by atoms with E-state index in [1.807, 2.05) is 6.07 Å². The van der Waals surface area contributed by atoms with Gasteiger partial charge in [0, 0.05) is 17.7 Å². The van der Waals surface area contributed by atoms with Gasteiger partial charge in [0.1, 0.15) is 0 Å². The zero-order valence-corrected chi connectivity index (χ0v) is 14.1. The highest BCUT2D eigenvalue weighted by Crippen LogP contribution is 2.40. The zero-order chi connectivity index (χ0) is 16.7. The van der Waals surface area contributed by atoms with E-state index in [9.17, 15) is 4.79 Å². The van der Waals surface area contributed by atoms with Crippen LogP contribution in [0.4, 0.5) is 0 Å². The van der Waals surface area contributed by atoms with Crippen molar-refractivity contribution < 1.29 is 19.0 Å². The second kappa shape index (κ2) is 8.46. The van der Waals surface area contributed by atoms with E-state index in [-0.39, 0.29) is 5.91 Å². The number of carbonyl (C=O) groups is 1. The lowest BCUT2D eigenvalue weighted by molar-refractivity contribution is -0.117. The van der Waals surface area contributed by atoms with Crippen molar-refractivity contribution in [2.45, 2.75) is 38.1 Å². The minimum atomic E-state index is -0.0752. The Balaban J connectivity index is 2.10. The molecular weight excluding hydrogens is 294 g/mol. The molecule has 0 saturated heterocycles. The summed E-state index contributed by atoms with van der Waals surface area (Å²) in [6.07, 6.45) is 9.07. The summed E-state index contributed by atoms with van der Waals surface area (Å²) >= 11 is 0. The Morgan fingerprint density at radius 3 is 2.35 bits per heavy atom. The van der Waals surface area contributed by atoms with Crippen LogP contribution in [0.2, 0.25) is 0 Å². The van der Waals surface area contributed by atoms with E-state index in [4.69, 9.17) is 14.2 Å². The van der Waals surface area contributed by atoms with E-state index in [1.54, 1.807) is 39.5 Å². The molecule has 5 nitrogen and oxygen atoms in total. The van der Waals surface area contributed by atoms with Crippen LogP contribution in [-0.4, -0.2) is 33.3 Å². The van der Waals surface area contributed by atoms with Gasteiger partial charge in [-0.3, -0.25) is 4.79 Å². The van der Waals surface area contributed by atoms with Crippen molar-refractivity contribution in [3.63, 3.8) is 0 Å². The van der Waals surface area contributed by atoms with Crippen LogP contribution in [0.3, 0.4) is 0 Å². The topological polar surface area (TPSA) is 56.8 Å². The van der Waals surface area contributed by atoms with Crippen LogP contribution in [0.15, 0.2) is 18.2 Å². The summed E-state index contributed by atoms with van der Waals surface area (Å²) in [5.74, 6) is 1.58. The van der Waals surface area contributed by atoms with Crippen molar-refractivity contribution >= 4 is 12.0 Å². The molecule has 0 spiro atoms. The van der Waals surface area contributed by atoms with Crippen LogP contribution in [0, 0.1) is 0 Å². The fourth-order valence-electron chi connectivity index (χ4n) is 2.92. The lowest BCUT2D eigenvalue weighted by Gasteiger charge is -2.21. The molecule has 0 bridgehead atoms. The molecule has 126 valence electrons. The van der Waals surface area contributed by atoms with Gasteiger partial charge in [0.05, 0.1) is 21.3 Å². The molecule has 0 aromatic heterocycles. The fraction of sp³-hybridized carbons (Fsp3) is 0.500. The number of benzene rings is 1. The molecule has 0 radical (unpaired) electrons. The number of methoxy groups -OCH3 is 3. The first-order chi connectivity index (χ1) is 11.2. The molecule has 1 amide bonds. The fourth-order valence-corrected chi connectivity index (χ4v) is 2.92. The molecule has 0 atom stereocenters. The highest BCUT2D eigenvalue weighted by atomic mass is 16.5. The normalized spacial score (nSPS) is 15.4. The average Bonchev–Trinajstić information content (AvgIpc) is 2.59. The molecule has 1 fully saturated rings. The van der Waals surface area contributed by atoms with E-state index in [0.717, 1.165) is 18.4 Å². The van der Waals surface area contributed by atoms with E-state index in [2.05, 4.69) is 5.32 Å². The van der Waals surface area contributed by atoms with Crippen molar-refractivity contribution in [2.24, 2.45) is 0 Å². The molecule has 5 heteroatoms. The highest BCUT2D eigenvalue weighted by Gasteiger charge is 2.16. The van der Waals surface area contributed by atoms with Gasteiger partial charge < -0.3 is 19.5 Å². The summed E-state index contributed by atoms with van der Waals surface area (Å²) in [6, 6.07) is 3.93. The van der Waals surface area contributed by atoms with Crippen molar-refractivity contribution in [1.82, 2.24) is 5.32 Å². The second-order valence-corrected chi connectivity index (χ2v) is 5.60. The first-order valence-electron chi connectivity index (χ1n) is 7.97. The number of rotatable bonds is 6. The lowest BCUT2D eigenvalue weighted by Crippen LogP contribution is -2.34. The first kappa shape index (κ1) is 17.2. The summed E-state index contributed by atoms with van der Waals surface area (Å²) in [5.41, 5.74) is 0.768. The van der Waals surface area contributed by atoms with Crippen LogP contribution >= 0.6 is 0 Å². The molecule has 0 aliphatic heterocycles. The average molecular weight is 319 g/mol. The van der Waals surface area contributed by atoms with Crippen LogP contribution in [0.1, 0.15) is 37.7 Å². The smallest absolute Gasteiger partial charge is 0.244 e. The Kier molecular flexibility index (Phi) is 6.32. The minimum Gasteiger partial charge on any atom is -0.493 e. The van der Waals surface area contributed by atoms with E-state index >= 15 is 0 Å². The molecule has 0 heterocycles. The van der Waals surface area contributed by atoms with Gasteiger partial charge in [-0.25, -0.2) is 0 Å². The van der Waals surface area contributed by atoms with Crippen LogP contribution in [-0.2, 0) is 4.79 Å². The van der Waals surface area contributed by atoms with Gasteiger partial charge in [0.25, 0.3) is 0 Å². The lowest BCUT2D eigenvalue weighted by atomic mass is 9.95. The maximum atomic E-state index is 12.1. The zero-order valence-electron chi connectivity index (χ0n) is 14.1. The van der Waals surface area contributed by atoms with Crippen LogP contribution < -0.4 is 19.5 Å². The Morgan fingerprint density at radius 2 is 1.74 bits per heavy atom. The molecule has 1 aliphatic carbocycles. The maximum Gasteiger partial charge on any atom is 0.244 e. The third kappa shape index (κ3) is 4.41. The monoisotopic (exact) mass is 319 g/mol. The number of nitrogens with one attached hydrogen (secondary N) is 1. The Bertz CT molecular complexity index is 562. The van der Waals surface area contributed by atoms with Gasteiger partial charge in [-0.1, -0.05) is 19.3 Å². The number of carbonyl (C=O) groups excluding carboxylic acids is 1. The van der Waals surface area contributed by atoms with Crippen molar-refractivity contribution in [3.05, 3.63) is 23.8 Å². The largest absolute Gasteiger partial charge is 0.493 e. The van der Waals surface area contributed by atoms with Gasteiger partial charge >= 0.3 is 0 Å². The van der Waals surface area contributed by atoms with E-state index in [0.29, 0.717) is 23.3 Å². The molecule has 2 rings (SSSR count). The SMILES string of the molecule is COc1ccc(/C=C/C(=O)NC2CCCCC2)c(OC)c1OC. The number of ether oxygens (including phenoxy) is 3. The first-order valence-corrected chi connectivity index (χ1v) is 7.97. The Hall–Kier alpha value is -2.17. The second-order valence-electron chi connectivity index (χ2n) is 5.60. The summed E-state index contributed by atoms with van der Waals surface area (Å²) in [7, 11) is 4.70. The standard InChI is InChI=1S/C18H25NO4/c1-21-15-11-9-13(17(22-2)18(15)23-3)10-12-16(20)19-14-7-5-4-6-8-14/h9-12,14H,4-8H2,1-3H3,(H,19,20)/b12-10+. The molecule has 1 saturated carbocycles. The van der Waals surface area contributed by atoms with E-state index < -0.39 is 0 Å². The minimum absolute atomic E-state index is 0.0752. The summed E-state index contributed by atoms with van der Waals surface area (Å²) in [5, 5.41) is 3.06. The van der Waals surface area contributed by atoms with Gasteiger partial charge in [-0.2, -0.15) is 0 Å². The molecule has 23 heavy (non-hydrogen) atoms. The summed E-state index contributed by atoms with van der Waals surface area (Å²) in [6.45, 7) is 0. The maximum absolute atomic E-state index is 12.1. The highest BCUT2D eigenvalue weighted by molar-refractivity contribution is 5.92. The third-order valence-corrected chi connectivity index (χ3v) is 4.10. The van der Waals surface area contributed by atoms with Crippen LogP contribution in [0.5, 0.6) is 17.2 Å². The van der Waals surface area contributed by atoms with Gasteiger partial charge in [-0.15, -0.1) is 0 Å². The van der Waals surface area contributed by atoms with Gasteiger partial charge in [0.2, 0.25) is 11.7 Å².